The molecule has 1 N–H and O–H groups in total. The average Bonchev–Trinajstić information content (AvgIpc) is 2.91. The second-order valence-electron chi connectivity index (χ2n) is 4.63. The van der Waals surface area contributed by atoms with Gasteiger partial charge in [0.1, 0.15) is 11.6 Å². The number of aryl methyl sites for hydroxylation is 1. The third kappa shape index (κ3) is 2.39. The van der Waals surface area contributed by atoms with Gasteiger partial charge in [-0.3, -0.25) is 4.90 Å². The number of hydrogen-bond acceptors (Lipinski definition) is 3. The Bertz CT molecular complexity index is 469. The Morgan fingerprint density at radius 1 is 1.35 bits per heavy atom. The fourth-order valence-electron chi connectivity index (χ4n) is 2.06. The monoisotopic (exact) mass is 231 g/mol. The summed E-state index contributed by atoms with van der Waals surface area (Å²) in [6, 6.07) is 0.705. The molecule has 0 aromatic carbocycles. The molecule has 2 aromatic rings. The van der Waals surface area contributed by atoms with E-state index in [1.165, 1.54) is 12.8 Å². The van der Waals surface area contributed by atoms with Crippen LogP contribution in [0.3, 0.4) is 0 Å². The Hall–Kier alpha value is -1.62. The van der Waals surface area contributed by atoms with Crippen LogP contribution in [0, 0.1) is 0 Å². The highest BCUT2D eigenvalue weighted by Gasteiger charge is 2.30. The van der Waals surface area contributed by atoms with Crippen molar-refractivity contribution in [1.29, 1.82) is 0 Å². The summed E-state index contributed by atoms with van der Waals surface area (Å²) in [5.41, 5.74) is 0. The minimum Gasteiger partial charge on any atom is -0.348 e. The standard InChI is InChI=1S/C12H17N5/c1-16-7-6-15-12(16)9-17(10-2-3-10)8-11-13-4-5-14-11/h4-7,10H,2-3,8-9H2,1H3,(H,13,14). The molecule has 0 spiro atoms. The molecule has 0 aliphatic heterocycles. The summed E-state index contributed by atoms with van der Waals surface area (Å²) in [6.07, 6.45) is 10.1. The van der Waals surface area contributed by atoms with E-state index in [4.69, 9.17) is 0 Å². The van der Waals surface area contributed by atoms with Crippen molar-refractivity contribution in [2.24, 2.45) is 7.05 Å². The predicted octanol–water partition coefficient (Wildman–Crippen LogP) is 1.31. The summed E-state index contributed by atoms with van der Waals surface area (Å²) in [5.74, 6) is 2.15. The van der Waals surface area contributed by atoms with Crippen molar-refractivity contribution in [3.63, 3.8) is 0 Å². The maximum Gasteiger partial charge on any atom is 0.122 e. The molecule has 17 heavy (non-hydrogen) atoms. The van der Waals surface area contributed by atoms with Crippen LogP contribution in [0.5, 0.6) is 0 Å². The van der Waals surface area contributed by atoms with E-state index in [2.05, 4.69) is 24.4 Å². The van der Waals surface area contributed by atoms with Crippen molar-refractivity contribution >= 4 is 0 Å². The van der Waals surface area contributed by atoms with Crippen molar-refractivity contribution in [1.82, 2.24) is 24.4 Å². The fourth-order valence-corrected chi connectivity index (χ4v) is 2.06. The summed E-state index contributed by atoms with van der Waals surface area (Å²) in [7, 11) is 2.04. The van der Waals surface area contributed by atoms with Crippen LogP contribution in [0.1, 0.15) is 24.5 Å². The molecule has 0 radical (unpaired) electrons. The Balaban J connectivity index is 1.70. The molecule has 1 fully saturated rings. The van der Waals surface area contributed by atoms with E-state index in [-0.39, 0.29) is 0 Å². The van der Waals surface area contributed by atoms with Crippen LogP contribution in [0.25, 0.3) is 0 Å². The Labute approximate surface area is 100 Å². The summed E-state index contributed by atoms with van der Waals surface area (Å²) >= 11 is 0. The first-order valence-corrected chi connectivity index (χ1v) is 6.01. The van der Waals surface area contributed by atoms with Crippen LogP contribution in [-0.2, 0) is 20.1 Å². The lowest BCUT2D eigenvalue weighted by atomic mass is 10.4. The first kappa shape index (κ1) is 10.5. The van der Waals surface area contributed by atoms with Gasteiger partial charge >= 0.3 is 0 Å². The zero-order valence-electron chi connectivity index (χ0n) is 10.0. The van der Waals surface area contributed by atoms with Crippen LogP contribution in [0.2, 0.25) is 0 Å². The third-order valence-corrected chi connectivity index (χ3v) is 3.24. The highest BCUT2D eigenvalue weighted by atomic mass is 15.2. The Morgan fingerprint density at radius 3 is 2.82 bits per heavy atom. The number of hydrogen-bond donors (Lipinski definition) is 1. The van der Waals surface area contributed by atoms with Gasteiger partial charge in [0.05, 0.1) is 13.1 Å². The molecule has 2 aromatic heterocycles. The van der Waals surface area contributed by atoms with Crippen molar-refractivity contribution in [3.05, 3.63) is 36.4 Å². The van der Waals surface area contributed by atoms with Crippen LogP contribution in [-0.4, -0.2) is 30.5 Å². The fraction of sp³-hybridized carbons (Fsp3) is 0.500. The molecule has 0 atom stereocenters. The topological polar surface area (TPSA) is 49.7 Å². The molecule has 1 aliphatic rings. The van der Waals surface area contributed by atoms with E-state index >= 15 is 0 Å². The lowest BCUT2D eigenvalue weighted by Gasteiger charge is -2.20. The van der Waals surface area contributed by atoms with Gasteiger partial charge in [-0.05, 0) is 12.8 Å². The van der Waals surface area contributed by atoms with Gasteiger partial charge in [0.25, 0.3) is 0 Å². The van der Waals surface area contributed by atoms with Gasteiger partial charge in [-0.25, -0.2) is 9.97 Å². The second kappa shape index (κ2) is 4.33. The van der Waals surface area contributed by atoms with E-state index in [9.17, 15) is 0 Å². The molecule has 5 heteroatoms. The maximum absolute atomic E-state index is 4.39. The molecule has 5 nitrogen and oxygen atoms in total. The lowest BCUT2D eigenvalue weighted by Crippen LogP contribution is -2.27. The van der Waals surface area contributed by atoms with Crippen molar-refractivity contribution in [2.45, 2.75) is 32.0 Å². The Morgan fingerprint density at radius 2 is 2.24 bits per heavy atom. The number of H-pyrrole nitrogens is 1. The van der Waals surface area contributed by atoms with Crippen LogP contribution in [0.15, 0.2) is 24.8 Å². The number of rotatable bonds is 5. The van der Waals surface area contributed by atoms with E-state index in [0.717, 1.165) is 24.7 Å². The molecule has 0 amide bonds. The zero-order chi connectivity index (χ0) is 11.7. The average molecular weight is 231 g/mol. The summed E-state index contributed by atoms with van der Waals surface area (Å²) in [4.78, 5) is 14.3. The van der Waals surface area contributed by atoms with Crippen molar-refractivity contribution in [2.75, 3.05) is 0 Å². The van der Waals surface area contributed by atoms with E-state index in [1.807, 2.05) is 25.6 Å². The number of aromatic nitrogens is 4. The van der Waals surface area contributed by atoms with Gasteiger partial charge in [0.15, 0.2) is 0 Å². The first-order valence-electron chi connectivity index (χ1n) is 6.01. The quantitative estimate of drug-likeness (QED) is 0.844. The van der Waals surface area contributed by atoms with Gasteiger partial charge in [0, 0.05) is 37.9 Å². The largest absolute Gasteiger partial charge is 0.348 e. The number of nitrogens with one attached hydrogen (secondary N) is 1. The van der Waals surface area contributed by atoms with Crippen LogP contribution in [0.4, 0.5) is 0 Å². The molecule has 0 unspecified atom stereocenters. The van der Waals surface area contributed by atoms with Gasteiger partial charge in [-0.15, -0.1) is 0 Å². The molecular formula is C12H17N5. The molecule has 0 saturated heterocycles. The minimum atomic E-state index is 0.705. The number of aromatic amines is 1. The number of imidazole rings is 2. The predicted molar refractivity (Wildman–Crippen MR) is 64.1 cm³/mol. The van der Waals surface area contributed by atoms with Gasteiger partial charge in [-0.2, -0.15) is 0 Å². The van der Waals surface area contributed by atoms with Crippen molar-refractivity contribution in [3.8, 4) is 0 Å². The van der Waals surface area contributed by atoms with E-state index < -0.39 is 0 Å². The smallest absolute Gasteiger partial charge is 0.122 e. The molecule has 3 rings (SSSR count). The summed E-state index contributed by atoms with van der Waals surface area (Å²) < 4.78 is 2.08. The van der Waals surface area contributed by atoms with Gasteiger partial charge in [-0.1, -0.05) is 0 Å². The van der Waals surface area contributed by atoms with Gasteiger partial charge in [0.2, 0.25) is 0 Å². The normalized spacial score (nSPS) is 15.6. The second-order valence-corrected chi connectivity index (χ2v) is 4.63. The molecule has 0 bridgehead atoms. The first-order chi connectivity index (χ1) is 8.33. The van der Waals surface area contributed by atoms with Crippen LogP contribution < -0.4 is 0 Å². The molecule has 90 valence electrons. The zero-order valence-corrected chi connectivity index (χ0v) is 10.0. The highest BCUT2D eigenvalue weighted by Crippen LogP contribution is 2.29. The highest BCUT2D eigenvalue weighted by molar-refractivity contribution is 4.97. The summed E-state index contributed by atoms with van der Waals surface area (Å²) in [6.45, 7) is 1.78. The SMILES string of the molecule is Cn1ccnc1CN(Cc1ncc[nH]1)C1CC1. The minimum absolute atomic E-state index is 0.705. The molecule has 2 heterocycles. The summed E-state index contributed by atoms with van der Waals surface area (Å²) in [5, 5.41) is 0. The lowest BCUT2D eigenvalue weighted by molar-refractivity contribution is 0.232. The Kier molecular flexibility index (Phi) is 2.68. The van der Waals surface area contributed by atoms with E-state index in [0.29, 0.717) is 6.04 Å². The molecular weight excluding hydrogens is 214 g/mol. The van der Waals surface area contributed by atoms with E-state index in [1.54, 1.807) is 6.20 Å². The molecule has 1 saturated carbocycles. The molecule has 1 aliphatic carbocycles. The number of nitrogens with zero attached hydrogens (tertiary/aromatic N) is 4. The maximum atomic E-state index is 4.39. The van der Waals surface area contributed by atoms with Crippen LogP contribution >= 0.6 is 0 Å². The van der Waals surface area contributed by atoms with Gasteiger partial charge < -0.3 is 9.55 Å². The third-order valence-electron chi connectivity index (χ3n) is 3.24. The van der Waals surface area contributed by atoms with Crippen molar-refractivity contribution < 1.29 is 0 Å².